The fourth-order valence-corrected chi connectivity index (χ4v) is 3.18. The van der Waals surface area contributed by atoms with Crippen LogP contribution in [0.4, 0.5) is 0 Å². The van der Waals surface area contributed by atoms with Crippen molar-refractivity contribution in [3.05, 3.63) is 45.3 Å². The molecule has 1 aromatic carbocycles. The summed E-state index contributed by atoms with van der Waals surface area (Å²) in [5.74, 6) is -1.05. The predicted molar refractivity (Wildman–Crippen MR) is 91.0 cm³/mol. The Morgan fingerprint density at radius 1 is 1.20 bits per heavy atom. The summed E-state index contributed by atoms with van der Waals surface area (Å²) in [5, 5.41) is 40.2. The van der Waals surface area contributed by atoms with E-state index in [1.54, 1.807) is 31.3 Å². The fourth-order valence-electron chi connectivity index (χ4n) is 2.08. The van der Waals surface area contributed by atoms with E-state index in [0.29, 0.717) is 27.7 Å². The van der Waals surface area contributed by atoms with Crippen molar-refractivity contribution in [3.8, 4) is 29.5 Å². The molecule has 0 aliphatic carbocycles. The molecule has 0 spiro atoms. The van der Waals surface area contributed by atoms with E-state index >= 15 is 0 Å². The van der Waals surface area contributed by atoms with E-state index in [9.17, 15) is 10.1 Å². The van der Waals surface area contributed by atoms with Gasteiger partial charge >= 0.3 is 5.97 Å². The first-order valence-corrected chi connectivity index (χ1v) is 7.80. The molecule has 0 radical (unpaired) electrons. The normalized spacial score (nSPS) is 9.52. The lowest BCUT2D eigenvalue weighted by atomic mass is 10.0. The number of hydrogen-bond acceptors (Lipinski definition) is 7. The molecule has 2 N–H and O–H groups in total. The first-order chi connectivity index (χ1) is 12.0. The topological polar surface area (TPSA) is 134 Å². The molecule has 0 bridgehead atoms. The van der Waals surface area contributed by atoms with Gasteiger partial charge in [-0.1, -0.05) is 12.1 Å². The number of nitrogens with one attached hydrogen (secondary N) is 1. The summed E-state index contributed by atoms with van der Waals surface area (Å²) in [4.78, 5) is 15.9. The summed E-state index contributed by atoms with van der Waals surface area (Å²) in [6.07, 6.45) is 0. The maximum Gasteiger partial charge on any atom is 0.335 e. The summed E-state index contributed by atoms with van der Waals surface area (Å²) in [6, 6.07) is 11.4. The molecule has 1 heterocycles. The summed E-state index contributed by atoms with van der Waals surface area (Å²) < 4.78 is 0. The second kappa shape index (κ2) is 7.85. The lowest BCUT2D eigenvalue weighted by molar-refractivity contribution is 0.0697. The molecule has 0 atom stereocenters. The Balaban J connectivity index is 2.68. The monoisotopic (exact) mass is 349 g/mol. The van der Waals surface area contributed by atoms with Gasteiger partial charge in [-0.3, -0.25) is 0 Å². The number of nitriles is 3. The Hall–Kier alpha value is -3.51. The van der Waals surface area contributed by atoms with Crippen LogP contribution in [-0.2, 0) is 6.54 Å². The number of allylic oxidation sites excluding steroid dienone is 2. The van der Waals surface area contributed by atoms with Gasteiger partial charge < -0.3 is 10.4 Å². The molecular weight excluding hydrogens is 338 g/mol. The third-order valence-electron chi connectivity index (χ3n) is 3.22. The van der Waals surface area contributed by atoms with Crippen molar-refractivity contribution < 1.29 is 9.90 Å². The van der Waals surface area contributed by atoms with Gasteiger partial charge in [-0.05, 0) is 19.2 Å². The van der Waals surface area contributed by atoms with Crippen molar-refractivity contribution in [2.45, 2.75) is 6.54 Å². The van der Waals surface area contributed by atoms with E-state index in [-0.39, 0.29) is 16.7 Å². The Morgan fingerprint density at radius 3 is 2.32 bits per heavy atom. The molecule has 122 valence electrons. The molecule has 0 aliphatic heterocycles. The van der Waals surface area contributed by atoms with Crippen molar-refractivity contribution in [3.63, 3.8) is 0 Å². The average Bonchev–Trinajstić information content (AvgIpc) is 3.03. The van der Waals surface area contributed by atoms with Gasteiger partial charge in [-0.15, -0.1) is 11.3 Å². The van der Waals surface area contributed by atoms with E-state index in [4.69, 9.17) is 15.6 Å². The van der Waals surface area contributed by atoms with Crippen LogP contribution in [0.3, 0.4) is 0 Å². The van der Waals surface area contributed by atoms with Crippen LogP contribution >= 0.6 is 11.3 Å². The second-order valence-corrected chi connectivity index (χ2v) is 5.87. The molecule has 25 heavy (non-hydrogen) atoms. The highest BCUT2D eigenvalue weighted by molar-refractivity contribution is 7.13. The van der Waals surface area contributed by atoms with E-state index in [0.717, 1.165) is 0 Å². The van der Waals surface area contributed by atoms with Crippen LogP contribution in [0.5, 0.6) is 0 Å². The first-order valence-electron chi connectivity index (χ1n) is 6.98. The summed E-state index contributed by atoms with van der Waals surface area (Å²) in [5.41, 5.74) is 0.836. The zero-order valence-electron chi connectivity index (χ0n) is 13.1. The molecule has 0 fully saturated rings. The minimum Gasteiger partial charge on any atom is -0.478 e. The molecule has 0 saturated carbocycles. The summed E-state index contributed by atoms with van der Waals surface area (Å²) in [7, 11) is 1.75. The molecule has 0 amide bonds. The molecular formula is C17H11N5O2S. The van der Waals surface area contributed by atoms with Crippen LogP contribution in [0.1, 0.15) is 20.2 Å². The first kappa shape index (κ1) is 17.8. The second-order valence-electron chi connectivity index (χ2n) is 4.78. The maximum absolute atomic E-state index is 11.0. The quantitative estimate of drug-likeness (QED) is 0.792. The van der Waals surface area contributed by atoms with E-state index in [2.05, 4.69) is 10.3 Å². The predicted octanol–water partition coefficient (Wildman–Crippen LogP) is 2.55. The molecule has 8 heteroatoms. The van der Waals surface area contributed by atoms with Crippen molar-refractivity contribution >= 4 is 22.9 Å². The van der Waals surface area contributed by atoms with Gasteiger partial charge in [0.05, 0.1) is 21.7 Å². The number of aromatic nitrogens is 1. The van der Waals surface area contributed by atoms with Crippen molar-refractivity contribution in [2.75, 3.05) is 7.05 Å². The SMILES string of the molecule is CNCc1nc(-c2ccc(C(=O)O)cc2)c(C(C#N)=C(C#N)C#N)s1. The molecule has 0 aliphatic rings. The minimum absolute atomic E-state index is 0.0397. The van der Waals surface area contributed by atoms with E-state index in [1.807, 2.05) is 6.07 Å². The van der Waals surface area contributed by atoms with Gasteiger partial charge in [0.15, 0.2) is 0 Å². The van der Waals surface area contributed by atoms with Crippen LogP contribution in [0.15, 0.2) is 29.8 Å². The molecule has 0 unspecified atom stereocenters. The third kappa shape index (κ3) is 3.70. The Kier molecular flexibility index (Phi) is 5.60. The van der Waals surface area contributed by atoms with Crippen LogP contribution in [0.25, 0.3) is 16.8 Å². The van der Waals surface area contributed by atoms with Crippen LogP contribution in [0.2, 0.25) is 0 Å². The summed E-state index contributed by atoms with van der Waals surface area (Å²) >= 11 is 1.21. The van der Waals surface area contributed by atoms with Crippen molar-refractivity contribution in [1.29, 1.82) is 15.8 Å². The maximum atomic E-state index is 11.0. The molecule has 2 aromatic rings. The van der Waals surface area contributed by atoms with E-state index in [1.165, 1.54) is 23.5 Å². The van der Waals surface area contributed by atoms with Gasteiger partial charge in [-0.2, -0.15) is 15.8 Å². The zero-order chi connectivity index (χ0) is 18.4. The zero-order valence-corrected chi connectivity index (χ0v) is 13.9. The standard InChI is InChI=1S/C17H11N5O2S/c1-21-9-14-22-15(10-2-4-11(5-3-10)17(23)24)16(25-14)13(8-20)12(6-18)7-19/h2-5,21H,9H2,1H3,(H,23,24). The van der Waals surface area contributed by atoms with Gasteiger partial charge in [-0.25, -0.2) is 9.78 Å². The largest absolute Gasteiger partial charge is 0.478 e. The lowest BCUT2D eigenvalue weighted by Gasteiger charge is -2.02. The highest BCUT2D eigenvalue weighted by Gasteiger charge is 2.20. The number of thiazole rings is 1. The fraction of sp³-hybridized carbons (Fsp3) is 0.118. The number of carbonyl (C=O) groups is 1. The van der Waals surface area contributed by atoms with Gasteiger partial charge in [0.2, 0.25) is 0 Å². The van der Waals surface area contributed by atoms with Gasteiger partial charge in [0.1, 0.15) is 28.8 Å². The van der Waals surface area contributed by atoms with Crippen LogP contribution < -0.4 is 5.32 Å². The molecule has 2 rings (SSSR count). The van der Waals surface area contributed by atoms with Crippen molar-refractivity contribution in [1.82, 2.24) is 10.3 Å². The average molecular weight is 349 g/mol. The Bertz CT molecular complexity index is 952. The van der Waals surface area contributed by atoms with Gasteiger partial charge in [0, 0.05) is 12.1 Å². The smallest absolute Gasteiger partial charge is 0.335 e. The van der Waals surface area contributed by atoms with E-state index < -0.39 is 5.97 Å². The number of rotatable bonds is 5. The number of carboxylic acids is 1. The van der Waals surface area contributed by atoms with Crippen LogP contribution in [0, 0.1) is 34.0 Å². The highest BCUT2D eigenvalue weighted by atomic mass is 32.1. The van der Waals surface area contributed by atoms with Crippen molar-refractivity contribution in [2.24, 2.45) is 0 Å². The molecule has 1 aromatic heterocycles. The number of benzene rings is 1. The summed E-state index contributed by atoms with van der Waals surface area (Å²) in [6.45, 7) is 0.456. The third-order valence-corrected chi connectivity index (χ3v) is 4.29. The Morgan fingerprint density at radius 2 is 1.84 bits per heavy atom. The molecule has 0 saturated heterocycles. The number of hydrogen-bond donors (Lipinski definition) is 2. The van der Waals surface area contributed by atoms with Gasteiger partial charge in [0.25, 0.3) is 0 Å². The minimum atomic E-state index is -1.05. The highest BCUT2D eigenvalue weighted by Crippen LogP contribution is 2.35. The Labute approximate surface area is 147 Å². The lowest BCUT2D eigenvalue weighted by Crippen LogP contribution is -2.04. The number of aromatic carboxylic acids is 1. The molecule has 7 nitrogen and oxygen atoms in total. The number of nitrogens with zero attached hydrogens (tertiary/aromatic N) is 4. The number of carboxylic acid groups (broad SMARTS) is 1. The van der Waals surface area contributed by atoms with Crippen LogP contribution in [-0.4, -0.2) is 23.1 Å².